The topological polar surface area (TPSA) is 40.2 Å². The van der Waals surface area contributed by atoms with Crippen molar-refractivity contribution in [2.24, 2.45) is 0 Å². The van der Waals surface area contributed by atoms with Gasteiger partial charge < -0.3 is 13.7 Å². The molecule has 0 radical (unpaired) electrons. The van der Waals surface area contributed by atoms with Crippen LogP contribution in [0.2, 0.25) is 5.02 Å². The molecule has 0 saturated heterocycles. The number of unbranched alkanes of at least 4 members (excludes halogenated alkanes) is 1. The summed E-state index contributed by atoms with van der Waals surface area (Å²) in [6.45, 7) is 1.53. The average molecular weight is 403 g/mol. The largest absolute Gasteiger partial charge is 0.494 e. The van der Waals surface area contributed by atoms with Crippen molar-refractivity contribution >= 4 is 35.0 Å². The molecule has 0 fully saturated rings. The van der Waals surface area contributed by atoms with Gasteiger partial charge in [-0.25, -0.2) is 4.98 Å². The Morgan fingerprint density at radius 1 is 0.963 bits per heavy atom. The van der Waals surface area contributed by atoms with Crippen LogP contribution in [0.4, 0.5) is 0 Å². The number of imidazole rings is 1. The highest BCUT2D eigenvalue weighted by atomic mass is 35.5. The number of aromatic nitrogens is 2. The van der Waals surface area contributed by atoms with Gasteiger partial charge in [0.25, 0.3) is 0 Å². The molecule has 0 atom stereocenters. The van der Waals surface area contributed by atoms with Crippen molar-refractivity contribution in [3.8, 4) is 17.3 Å². The lowest BCUT2D eigenvalue weighted by molar-refractivity contribution is 0.303. The maximum atomic E-state index is 5.89. The minimum atomic E-state index is 0. The molecule has 27 heavy (non-hydrogen) atoms. The normalized spacial score (nSPS) is 10.7. The zero-order valence-corrected chi connectivity index (χ0v) is 16.2. The van der Waals surface area contributed by atoms with Crippen molar-refractivity contribution in [3.63, 3.8) is 0 Å². The number of aryl methyl sites for hydroxylation is 1. The van der Waals surface area contributed by atoms with Gasteiger partial charge in [-0.15, -0.1) is 12.4 Å². The third-order valence-electron chi connectivity index (χ3n) is 4.25. The fourth-order valence-electron chi connectivity index (χ4n) is 2.99. The third kappa shape index (κ3) is 4.46. The van der Waals surface area contributed by atoms with Crippen LogP contribution >= 0.6 is 24.0 Å². The Kier molecular flexibility index (Phi) is 6.43. The first kappa shape index (κ1) is 19.3. The summed E-state index contributed by atoms with van der Waals surface area (Å²) in [5.41, 5.74) is 2.11. The van der Waals surface area contributed by atoms with Gasteiger partial charge in [0.15, 0.2) is 11.6 Å². The molecule has 0 amide bonds. The van der Waals surface area contributed by atoms with Crippen molar-refractivity contribution in [3.05, 3.63) is 71.9 Å². The van der Waals surface area contributed by atoms with Crippen LogP contribution in [0, 0.1) is 0 Å². The third-order valence-corrected chi connectivity index (χ3v) is 4.51. The van der Waals surface area contributed by atoms with Crippen molar-refractivity contribution in [2.75, 3.05) is 6.61 Å². The summed E-state index contributed by atoms with van der Waals surface area (Å²) in [6.07, 6.45) is 3.62. The fourth-order valence-corrected chi connectivity index (χ4v) is 3.11. The fraction of sp³-hybridized carbons (Fsp3) is 0.190. The molecule has 4 nitrogen and oxygen atoms in total. The lowest BCUT2D eigenvalue weighted by Gasteiger charge is -2.09. The Morgan fingerprint density at radius 3 is 2.56 bits per heavy atom. The molecular formula is C21H20Cl2N2O2. The molecule has 0 aliphatic carbocycles. The number of nitrogens with zero attached hydrogens (tertiary/aromatic N) is 2. The molecule has 0 saturated carbocycles. The SMILES string of the molecule is Cl.Clc1ccc(OCCCCn2c(-c3ccco3)nc3ccccc32)cc1. The Morgan fingerprint density at radius 2 is 1.78 bits per heavy atom. The Labute approximate surface area is 169 Å². The van der Waals surface area contributed by atoms with Crippen LogP contribution in [0.25, 0.3) is 22.6 Å². The molecule has 4 rings (SSSR count). The van der Waals surface area contributed by atoms with Gasteiger partial charge >= 0.3 is 0 Å². The highest BCUT2D eigenvalue weighted by molar-refractivity contribution is 6.30. The van der Waals surface area contributed by atoms with Gasteiger partial charge in [-0.2, -0.15) is 0 Å². The van der Waals surface area contributed by atoms with E-state index >= 15 is 0 Å². The molecule has 0 unspecified atom stereocenters. The number of halogens is 2. The highest BCUT2D eigenvalue weighted by Crippen LogP contribution is 2.25. The summed E-state index contributed by atoms with van der Waals surface area (Å²) in [6, 6.07) is 19.5. The number of furan rings is 1. The van der Waals surface area contributed by atoms with E-state index in [-0.39, 0.29) is 12.4 Å². The molecule has 0 aliphatic rings. The summed E-state index contributed by atoms with van der Waals surface area (Å²) < 4.78 is 13.6. The van der Waals surface area contributed by atoms with Crippen LogP contribution < -0.4 is 4.74 Å². The number of hydrogen-bond acceptors (Lipinski definition) is 3. The van der Waals surface area contributed by atoms with E-state index in [0.29, 0.717) is 6.61 Å². The first-order valence-corrected chi connectivity index (χ1v) is 9.06. The van der Waals surface area contributed by atoms with Crippen LogP contribution in [0.1, 0.15) is 12.8 Å². The van der Waals surface area contributed by atoms with Gasteiger partial charge in [-0.05, 0) is 61.4 Å². The lowest BCUT2D eigenvalue weighted by Crippen LogP contribution is -2.03. The van der Waals surface area contributed by atoms with Crippen molar-refractivity contribution in [1.29, 1.82) is 0 Å². The van der Waals surface area contributed by atoms with E-state index in [2.05, 4.69) is 10.6 Å². The molecule has 2 aromatic heterocycles. The summed E-state index contributed by atoms with van der Waals surface area (Å²) in [5, 5.41) is 0.717. The molecule has 4 aromatic rings. The van der Waals surface area contributed by atoms with E-state index in [0.717, 1.165) is 52.8 Å². The van der Waals surface area contributed by atoms with Gasteiger partial charge in [0.05, 0.1) is 23.9 Å². The first-order valence-electron chi connectivity index (χ1n) is 8.69. The summed E-state index contributed by atoms with van der Waals surface area (Å²) >= 11 is 5.89. The van der Waals surface area contributed by atoms with Crippen LogP contribution in [-0.4, -0.2) is 16.2 Å². The van der Waals surface area contributed by atoms with Crippen LogP contribution in [0.3, 0.4) is 0 Å². The van der Waals surface area contributed by atoms with Gasteiger partial charge in [0.1, 0.15) is 5.75 Å². The van der Waals surface area contributed by atoms with E-state index < -0.39 is 0 Å². The number of benzene rings is 2. The Balaban J connectivity index is 0.00000210. The maximum absolute atomic E-state index is 5.89. The molecule has 0 bridgehead atoms. The predicted molar refractivity (Wildman–Crippen MR) is 111 cm³/mol. The zero-order valence-electron chi connectivity index (χ0n) is 14.7. The van der Waals surface area contributed by atoms with E-state index in [1.807, 2.05) is 54.6 Å². The maximum Gasteiger partial charge on any atom is 0.177 e. The molecule has 140 valence electrons. The summed E-state index contributed by atoms with van der Waals surface area (Å²) in [4.78, 5) is 4.74. The average Bonchev–Trinajstić information content (AvgIpc) is 3.31. The molecule has 0 aliphatic heterocycles. The highest BCUT2D eigenvalue weighted by Gasteiger charge is 2.13. The van der Waals surface area contributed by atoms with Crippen LogP contribution in [0.5, 0.6) is 5.75 Å². The summed E-state index contributed by atoms with van der Waals surface area (Å²) in [7, 11) is 0. The minimum absolute atomic E-state index is 0. The number of fused-ring (bicyclic) bond motifs is 1. The molecule has 2 aromatic carbocycles. The summed E-state index contributed by atoms with van der Waals surface area (Å²) in [5.74, 6) is 2.51. The zero-order chi connectivity index (χ0) is 17.8. The Bertz CT molecular complexity index is 979. The monoisotopic (exact) mass is 402 g/mol. The van der Waals surface area contributed by atoms with E-state index in [9.17, 15) is 0 Å². The second-order valence-electron chi connectivity index (χ2n) is 6.06. The van der Waals surface area contributed by atoms with Crippen molar-refractivity contribution in [1.82, 2.24) is 9.55 Å². The smallest absolute Gasteiger partial charge is 0.177 e. The van der Waals surface area contributed by atoms with Gasteiger partial charge in [0.2, 0.25) is 0 Å². The van der Waals surface area contributed by atoms with E-state index in [1.54, 1.807) is 6.26 Å². The van der Waals surface area contributed by atoms with Gasteiger partial charge in [0, 0.05) is 11.6 Å². The lowest BCUT2D eigenvalue weighted by atomic mass is 10.3. The van der Waals surface area contributed by atoms with E-state index in [4.69, 9.17) is 25.7 Å². The van der Waals surface area contributed by atoms with Crippen LogP contribution in [0.15, 0.2) is 71.3 Å². The molecule has 2 heterocycles. The minimum Gasteiger partial charge on any atom is -0.494 e. The van der Waals surface area contributed by atoms with Gasteiger partial charge in [-0.1, -0.05) is 23.7 Å². The number of para-hydroxylation sites is 2. The van der Waals surface area contributed by atoms with Crippen molar-refractivity contribution in [2.45, 2.75) is 19.4 Å². The number of ether oxygens (including phenoxy) is 1. The molecule has 0 N–H and O–H groups in total. The standard InChI is InChI=1S/C21H19ClN2O2.ClH/c22-16-9-11-17(12-10-16)25-14-4-3-13-24-19-7-2-1-6-18(19)23-21(24)20-8-5-15-26-20;/h1-2,5-12,15H,3-4,13-14H2;1H. The van der Waals surface area contributed by atoms with E-state index in [1.165, 1.54) is 0 Å². The molecule has 0 spiro atoms. The van der Waals surface area contributed by atoms with Crippen LogP contribution in [-0.2, 0) is 6.54 Å². The number of hydrogen-bond donors (Lipinski definition) is 0. The first-order chi connectivity index (χ1) is 12.8. The second kappa shape index (κ2) is 8.98. The Hall–Kier alpha value is -2.43. The second-order valence-corrected chi connectivity index (χ2v) is 6.50. The molecule has 6 heteroatoms. The van der Waals surface area contributed by atoms with Gasteiger partial charge in [-0.3, -0.25) is 0 Å². The quantitative estimate of drug-likeness (QED) is 0.344. The molecular weight excluding hydrogens is 383 g/mol. The predicted octanol–water partition coefficient (Wildman–Crippen LogP) is 6.23. The van der Waals surface area contributed by atoms with Crippen molar-refractivity contribution < 1.29 is 9.15 Å². The number of rotatable bonds is 7.